The molecule has 1 N–H and O–H groups in total. The van der Waals surface area contributed by atoms with Gasteiger partial charge in [0.2, 0.25) is 5.91 Å². The number of nitrogens with one attached hydrogen (secondary N) is 1. The second-order valence-electron chi connectivity index (χ2n) is 7.42. The van der Waals surface area contributed by atoms with Gasteiger partial charge in [-0.15, -0.1) is 0 Å². The lowest BCUT2D eigenvalue weighted by molar-refractivity contribution is -0.133. The van der Waals surface area contributed by atoms with Crippen molar-refractivity contribution in [2.45, 2.75) is 69.6 Å². The lowest BCUT2D eigenvalue weighted by Gasteiger charge is -2.45. The zero-order chi connectivity index (χ0) is 17.5. The van der Waals surface area contributed by atoms with Gasteiger partial charge < -0.3 is 14.8 Å². The van der Waals surface area contributed by atoms with Crippen LogP contribution < -0.4 is 5.32 Å². The van der Waals surface area contributed by atoms with Gasteiger partial charge in [-0.05, 0) is 37.7 Å². The van der Waals surface area contributed by atoms with Crippen LogP contribution in [0.5, 0.6) is 0 Å². The third-order valence-electron chi connectivity index (χ3n) is 5.63. The van der Waals surface area contributed by atoms with Crippen molar-refractivity contribution in [3.05, 3.63) is 35.9 Å². The highest BCUT2D eigenvalue weighted by Crippen LogP contribution is 2.37. The Balaban J connectivity index is 1.58. The number of aryl methyl sites for hydroxylation is 1. The summed E-state index contributed by atoms with van der Waals surface area (Å²) < 4.78 is 11.5. The van der Waals surface area contributed by atoms with Crippen LogP contribution in [0, 0.1) is 5.92 Å². The smallest absolute Gasteiger partial charge is 0.222 e. The van der Waals surface area contributed by atoms with Crippen LogP contribution in [0.15, 0.2) is 30.3 Å². The molecule has 25 heavy (non-hydrogen) atoms. The predicted molar refractivity (Wildman–Crippen MR) is 98.4 cm³/mol. The Labute approximate surface area is 151 Å². The van der Waals surface area contributed by atoms with Crippen LogP contribution in [0.2, 0.25) is 0 Å². The van der Waals surface area contributed by atoms with Crippen molar-refractivity contribution in [2.75, 3.05) is 13.7 Å². The van der Waals surface area contributed by atoms with E-state index in [0.29, 0.717) is 25.0 Å². The van der Waals surface area contributed by atoms with E-state index in [4.69, 9.17) is 9.47 Å². The number of carbonyl (C=O) groups excluding carboxylic acids is 1. The molecule has 3 rings (SSSR count). The maximum absolute atomic E-state index is 12.2. The molecule has 2 aliphatic rings. The largest absolute Gasteiger partial charge is 0.384 e. The van der Waals surface area contributed by atoms with Gasteiger partial charge in [0.05, 0.1) is 18.8 Å². The highest BCUT2D eigenvalue weighted by Gasteiger charge is 2.40. The van der Waals surface area contributed by atoms with Crippen molar-refractivity contribution >= 4 is 5.91 Å². The molecule has 1 aromatic carbocycles. The average molecular weight is 345 g/mol. The Morgan fingerprint density at radius 1 is 1.24 bits per heavy atom. The summed E-state index contributed by atoms with van der Waals surface area (Å²) in [4.78, 5) is 12.2. The molecule has 1 aliphatic heterocycles. The van der Waals surface area contributed by atoms with Crippen LogP contribution in [0.25, 0.3) is 0 Å². The van der Waals surface area contributed by atoms with Gasteiger partial charge in [-0.3, -0.25) is 4.79 Å². The highest BCUT2D eigenvalue weighted by atomic mass is 16.5. The SMILES string of the molecule is COCCC(=O)N[C@@H]1C[C@H](CCc2ccccc2)O[C@@H]2CCCC[C@@H]12. The Morgan fingerprint density at radius 3 is 2.84 bits per heavy atom. The topological polar surface area (TPSA) is 47.6 Å². The van der Waals surface area contributed by atoms with E-state index in [1.165, 1.54) is 24.8 Å². The minimum atomic E-state index is 0.111. The molecule has 0 bridgehead atoms. The summed E-state index contributed by atoms with van der Waals surface area (Å²) in [6.45, 7) is 0.487. The fourth-order valence-electron chi connectivity index (χ4n) is 4.31. The van der Waals surface area contributed by atoms with E-state index in [2.05, 4.69) is 35.6 Å². The molecule has 4 atom stereocenters. The van der Waals surface area contributed by atoms with Gasteiger partial charge in [-0.25, -0.2) is 0 Å². The first-order chi connectivity index (χ1) is 12.3. The van der Waals surface area contributed by atoms with Gasteiger partial charge in [0.1, 0.15) is 0 Å². The summed E-state index contributed by atoms with van der Waals surface area (Å²) in [5, 5.41) is 3.28. The summed E-state index contributed by atoms with van der Waals surface area (Å²) in [7, 11) is 1.64. The Bertz CT molecular complexity index is 533. The van der Waals surface area contributed by atoms with Crippen molar-refractivity contribution in [3.8, 4) is 0 Å². The van der Waals surface area contributed by atoms with Crippen molar-refractivity contribution in [3.63, 3.8) is 0 Å². The summed E-state index contributed by atoms with van der Waals surface area (Å²) in [6, 6.07) is 10.8. The minimum absolute atomic E-state index is 0.111. The molecule has 4 nitrogen and oxygen atoms in total. The molecule has 2 fully saturated rings. The summed E-state index contributed by atoms with van der Waals surface area (Å²) in [5.41, 5.74) is 1.36. The summed E-state index contributed by atoms with van der Waals surface area (Å²) >= 11 is 0. The maximum atomic E-state index is 12.2. The fourth-order valence-corrected chi connectivity index (χ4v) is 4.31. The maximum Gasteiger partial charge on any atom is 0.222 e. The van der Waals surface area contributed by atoms with Crippen LogP contribution in [0.3, 0.4) is 0 Å². The highest BCUT2D eigenvalue weighted by molar-refractivity contribution is 5.76. The molecular weight excluding hydrogens is 314 g/mol. The number of benzene rings is 1. The van der Waals surface area contributed by atoms with Crippen molar-refractivity contribution in [2.24, 2.45) is 5.92 Å². The molecular formula is C21H31NO3. The van der Waals surface area contributed by atoms with Crippen molar-refractivity contribution in [1.29, 1.82) is 0 Å². The standard InChI is InChI=1S/C21H31NO3/c1-24-14-13-21(23)22-19-15-17(12-11-16-7-3-2-4-8-16)25-20-10-6-5-9-18(19)20/h2-4,7-8,17-20H,5-6,9-15H2,1H3,(H,22,23)/t17-,18-,19+,20+/m0/s1. The number of ether oxygens (including phenoxy) is 2. The number of rotatable bonds is 7. The van der Waals surface area contributed by atoms with Crippen molar-refractivity contribution < 1.29 is 14.3 Å². The van der Waals surface area contributed by atoms with Crippen molar-refractivity contribution in [1.82, 2.24) is 5.32 Å². The number of methoxy groups -OCH3 is 1. The van der Waals surface area contributed by atoms with Crippen LogP contribution in [-0.4, -0.2) is 37.9 Å². The van der Waals surface area contributed by atoms with E-state index in [-0.39, 0.29) is 18.1 Å². The first-order valence-electron chi connectivity index (χ1n) is 9.74. The fraction of sp³-hybridized carbons (Fsp3) is 0.667. The quantitative estimate of drug-likeness (QED) is 0.823. The Kier molecular flexibility index (Phi) is 6.88. The van der Waals surface area contributed by atoms with E-state index in [1.54, 1.807) is 7.11 Å². The molecule has 0 spiro atoms. The van der Waals surface area contributed by atoms with Crippen LogP contribution >= 0.6 is 0 Å². The molecule has 1 amide bonds. The molecule has 138 valence electrons. The lowest BCUT2D eigenvalue weighted by Crippen LogP contribution is -2.53. The number of hydrogen-bond acceptors (Lipinski definition) is 3. The average Bonchev–Trinajstić information content (AvgIpc) is 2.65. The molecule has 1 saturated carbocycles. The van der Waals surface area contributed by atoms with Crippen LogP contribution in [-0.2, 0) is 20.7 Å². The normalized spacial score (nSPS) is 29.0. The first-order valence-corrected chi connectivity index (χ1v) is 9.74. The molecule has 0 radical (unpaired) electrons. The summed E-state index contributed by atoms with van der Waals surface area (Å²) in [5.74, 6) is 0.591. The van der Waals surface area contributed by atoms with E-state index in [1.807, 2.05) is 0 Å². The summed E-state index contributed by atoms with van der Waals surface area (Å²) in [6.07, 6.45) is 8.81. The zero-order valence-electron chi connectivity index (χ0n) is 15.3. The van der Waals surface area contributed by atoms with Gasteiger partial charge in [-0.2, -0.15) is 0 Å². The van der Waals surface area contributed by atoms with E-state index in [0.717, 1.165) is 25.7 Å². The number of fused-ring (bicyclic) bond motifs is 1. The van der Waals surface area contributed by atoms with Gasteiger partial charge in [0.25, 0.3) is 0 Å². The van der Waals surface area contributed by atoms with Gasteiger partial charge >= 0.3 is 0 Å². The number of carbonyl (C=O) groups is 1. The van der Waals surface area contributed by atoms with Gasteiger partial charge in [-0.1, -0.05) is 43.2 Å². The molecule has 1 saturated heterocycles. The van der Waals surface area contributed by atoms with E-state index in [9.17, 15) is 4.79 Å². The third kappa shape index (κ3) is 5.29. The van der Waals surface area contributed by atoms with E-state index < -0.39 is 0 Å². The molecule has 1 aromatic rings. The van der Waals surface area contributed by atoms with Gasteiger partial charge in [0, 0.05) is 25.5 Å². The molecule has 0 aromatic heterocycles. The van der Waals surface area contributed by atoms with Crippen LogP contribution in [0.4, 0.5) is 0 Å². The molecule has 4 heteroatoms. The molecule has 0 unspecified atom stereocenters. The third-order valence-corrected chi connectivity index (χ3v) is 5.63. The Morgan fingerprint density at radius 2 is 2.04 bits per heavy atom. The monoisotopic (exact) mass is 345 g/mol. The number of hydrogen-bond donors (Lipinski definition) is 1. The second kappa shape index (κ2) is 9.35. The van der Waals surface area contributed by atoms with E-state index >= 15 is 0 Å². The van der Waals surface area contributed by atoms with Gasteiger partial charge in [0.15, 0.2) is 0 Å². The first kappa shape index (κ1) is 18.4. The lowest BCUT2D eigenvalue weighted by atomic mass is 9.76. The minimum Gasteiger partial charge on any atom is -0.384 e. The second-order valence-corrected chi connectivity index (χ2v) is 7.42. The molecule has 1 aliphatic carbocycles. The molecule has 1 heterocycles. The van der Waals surface area contributed by atoms with Crippen LogP contribution in [0.1, 0.15) is 50.5 Å². The Hall–Kier alpha value is -1.39. The number of amides is 1. The zero-order valence-corrected chi connectivity index (χ0v) is 15.3. The predicted octanol–water partition coefficient (Wildman–Crippen LogP) is 3.49.